The third kappa shape index (κ3) is 5.75. The molecular weight excluding hydrogens is 476 g/mol. The summed E-state index contributed by atoms with van der Waals surface area (Å²) in [4.78, 5) is 26.5. The van der Waals surface area contributed by atoms with Crippen LogP contribution in [0.1, 0.15) is 56.2 Å². The summed E-state index contributed by atoms with van der Waals surface area (Å²) >= 11 is 0. The van der Waals surface area contributed by atoms with Gasteiger partial charge in [0.25, 0.3) is 0 Å². The number of ether oxygens (including phenoxy) is 1. The van der Waals surface area contributed by atoms with Gasteiger partial charge in [-0.3, -0.25) is 4.79 Å². The van der Waals surface area contributed by atoms with E-state index in [9.17, 15) is 9.59 Å². The van der Waals surface area contributed by atoms with E-state index >= 15 is 0 Å². The van der Waals surface area contributed by atoms with Crippen LogP contribution in [0.5, 0.6) is 5.75 Å². The molecule has 6 heteroatoms. The molecule has 0 aromatic heterocycles. The van der Waals surface area contributed by atoms with Crippen LogP contribution in [-0.2, 0) is 4.79 Å². The SMILES string of the molecule is COc1ccc(C2C(CC[C@H](CC(C)(C)[Si](C)(C)O)c3ccccc3)C(=O)N2c2ccc(N)cc2)cc1. The van der Waals surface area contributed by atoms with Gasteiger partial charge in [0, 0.05) is 11.4 Å². The lowest BCUT2D eigenvalue weighted by molar-refractivity contribution is -0.130. The second kappa shape index (κ2) is 10.7. The first kappa shape index (κ1) is 27.0. The average Bonchev–Trinajstić information content (AvgIpc) is 2.87. The first-order chi connectivity index (χ1) is 17.5. The van der Waals surface area contributed by atoms with Crippen LogP contribution >= 0.6 is 0 Å². The minimum absolute atomic E-state index is 0.0462. The lowest BCUT2D eigenvalue weighted by atomic mass is 9.76. The zero-order valence-corrected chi connectivity index (χ0v) is 23.6. The van der Waals surface area contributed by atoms with Crippen molar-refractivity contribution >= 4 is 25.6 Å². The highest BCUT2D eigenvalue weighted by Crippen LogP contribution is 2.49. The summed E-state index contributed by atoms with van der Waals surface area (Å²) in [6.07, 6.45) is 2.56. The maximum absolute atomic E-state index is 13.6. The van der Waals surface area contributed by atoms with Crippen LogP contribution in [0.3, 0.4) is 0 Å². The summed E-state index contributed by atoms with van der Waals surface area (Å²) in [7, 11) is -0.717. The van der Waals surface area contributed by atoms with E-state index < -0.39 is 8.32 Å². The second-order valence-corrected chi connectivity index (χ2v) is 15.9. The zero-order chi connectivity index (χ0) is 26.8. The number of anilines is 2. The number of nitrogens with zero attached hydrogens (tertiary/aromatic N) is 1. The van der Waals surface area contributed by atoms with Gasteiger partial charge in [-0.25, -0.2) is 0 Å². The maximum atomic E-state index is 13.6. The number of nitrogens with two attached hydrogens (primary N) is 1. The molecule has 0 spiro atoms. The molecule has 37 heavy (non-hydrogen) atoms. The van der Waals surface area contributed by atoms with E-state index in [1.807, 2.05) is 60.5 Å². The van der Waals surface area contributed by atoms with Crippen molar-refractivity contribution < 1.29 is 14.3 Å². The Balaban J connectivity index is 1.61. The lowest BCUT2D eigenvalue weighted by Crippen LogP contribution is -2.55. The number of hydrogen-bond donors (Lipinski definition) is 2. The van der Waals surface area contributed by atoms with E-state index in [2.05, 4.69) is 50.2 Å². The molecule has 3 atom stereocenters. The number of β-lactam (4-membered cyclic amide) rings is 1. The highest BCUT2D eigenvalue weighted by Gasteiger charge is 2.49. The van der Waals surface area contributed by atoms with E-state index in [0.717, 1.165) is 36.3 Å². The van der Waals surface area contributed by atoms with Gasteiger partial charge in [0.2, 0.25) is 5.91 Å². The fourth-order valence-corrected chi connectivity index (χ4v) is 6.04. The van der Waals surface area contributed by atoms with Crippen LogP contribution in [0.25, 0.3) is 0 Å². The van der Waals surface area contributed by atoms with Gasteiger partial charge in [-0.2, -0.15) is 0 Å². The molecule has 0 radical (unpaired) electrons. The topological polar surface area (TPSA) is 75.8 Å². The molecule has 3 N–H and O–H groups in total. The van der Waals surface area contributed by atoms with Gasteiger partial charge in [0.05, 0.1) is 19.1 Å². The van der Waals surface area contributed by atoms with Crippen molar-refractivity contribution in [3.05, 3.63) is 90.0 Å². The van der Waals surface area contributed by atoms with Crippen LogP contribution < -0.4 is 15.4 Å². The van der Waals surface area contributed by atoms with Crippen molar-refractivity contribution in [2.45, 2.75) is 63.2 Å². The van der Waals surface area contributed by atoms with Gasteiger partial charge in [-0.15, -0.1) is 0 Å². The van der Waals surface area contributed by atoms with Gasteiger partial charge in [0.15, 0.2) is 8.32 Å². The van der Waals surface area contributed by atoms with Crippen molar-refractivity contribution in [2.24, 2.45) is 5.92 Å². The third-order valence-electron chi connectivity index (χ3n) is 8.35. The van der Waals surface area contributed by atoms with E-state index in [4.69, 9.17) is 10.5 Å². The zero-order valence-electron chi connectivity index (χ0n) is 22.6. The normalized spacial score (nSPS) is 18.9. The molecule has 3 aromatic rings. The molecular formula is C31H40N2O3Si. The van der Waals surface area contributed by atoms with E-state index in [1.54, 1.807) is 7.11 Å². The molecule has 4 rings (SSSR count). The number of nitrogen functional groups attached to an aromatic ring is 1. The molecule has 5 nitrogen and oxygen atoms in total. The van der Waals surface area contributed by atoms with Gasteiger partial charge < -0.3 is 20.2 Å². The number of rotatable bonds is 10. The van der Waals surface area contributed by atoms with E-state index in [-0.39, 0.29) is 28.8 Å². The van der Waals surface area contributed by atoms with Crippen LogP contribution in [0, 0.1) is 5.92 Å². The van der Waals surface area contributed by atoms with Crippen LogP contribution in [0.2, 0.25) is 18.1 Å². The van der Waals surface area contributed by atoms with Crippen LogP contribution in [0.4, 0.5) is 11.4 Å². The Morgan fingerprint density at radius 2 is 1.62 bits per heavy atom. The van der Waals surface area contributed by atoms with Gasteiger partial charge in [-0.05, 0) is 90.8 Å². The fraction of sp³-hybridized carbons (Fsp3) is 0.387. The maximum Gasteiger partial charge on any atom is 0.233 e. The van der Waals surface area contributed by atoms with Crippen molar-refractivity contribution in [2.75, 3.05) is 17.7 Å². The Kier molecular flexibility index (Phi) is 7.81. The second-order valence-electron chi connectivity index (χ2n) is 11.5. The summed E-state index contributed by atoms with van der Waals surface area (Å²) in [6, 6.07) is 26.1. The molecule has 1 fully saturated rings. The predicted octanol–water partition coefficient (Wildman–Crippen LogP) is 6.91. The Morgan fingerprint density at radius 1 is 1.00 bits per heavy atom. The Labute approximate surface area is 222 Å². The summed E-state index contributed by atoms with van der Waals surface area (Å²) in [5.74, 6) is 1.10. The first-order valence-electron chi connectivity index (χ1n) is 13.1. The fourth-order valence-electron chi connectivity index (χ4n) is 5.29. The molecule has 0 aliphatic carbocycles. The van der Waals surface area contributed by atoms with Crippen LogP contribution in [0.15, 0.2) is 78.9 Å². The highest BCUT2D eigenvalue weighted by atomic mass is 28.4. The molecule has 3 aromatic carbocycles. The molecule has 196 valence electrons. The smallest absolute Gasteiger partial charge is 0.233 e. The number of carbonyl (C=O) groups excluding carboxylic acids is 1. The van der Waals surface area contributed by atoms with Crippen LogP contribution in [-0.4, -0.2) is 26.1 Å². The first-order valence-corrected chi connectivity index (χ1v) is 16.1. The molecule has 1 aliphatic heterocycles. The summed E-state index contributed by atoms with van der Waals surface area (Å²) in [6.45, 7) is 8.42. The van der Waals surface area contributed by atoms with Crippen molar-refractivity contribution in [1.82, 2.24) is 0 Å². The van der Waals surface area contributed by atoms with Crippen molar-refractivity contribution in [1.29, 1.82) is 0 Å². The average molecular weight is 517 g/mol. The van der Waals surface area contributed by atoms with Gasteiger partial charge in [0.1, 0.15) is 5.75 Å². The molecule has 2 unspecified atom stereocenters. The minimum Gasteiger partial charge on any atom is -0.497 e. The Bertz CT molecular complexity index is 1190. The quantitative estimate of drug-likeness (QED) is 0.174. The molecule has 1 heterocycles. The monoisotopic (exact) mass is 516 g/mol. The summed E-state index contributed by atoms with van der Waals surface area (Å²) < 4.78 is 5.36. The lowest BCUT2D eigenvalue weighted by Gasteiger charge is -2.48. The number of methoxy groups -OCH3 is 1. The van der Waals surface area contributed by atoms with Gasteiger partial charge in [-0.1, -0.05) is 56.3 Å². The standard InChI is InChI=1S/C31H40N2O3Si/c1-31(2,37(4,5)35)21-24(22-9-7-6-8-10-22)13-20-28-29(23-11-18-27(36-3)19-12-23)33(30(28)34)26-16-14-25(32)15-17-26/h6-12,14-19,24,28-29,35H,13,20-21,32H2,1-5H3/t24-,28?,29?/m1/s1. The summed E-state index contributed by atoms with van der Waals surface area (Å²) in [5.41, 5.74) is 9.83. The highest BCUT2D eigenvalue weighted by molar-refractivity contribution is 6.72. The molecule has 1 aliphatic rings. The molecule has 1 saturated heterocycles. The molecule has 0 saturated carbocycles. The molecule has 0 bridgehead atoms. The largest absolute Gasteiger partial charge is 0.497 e. The summed E-state index contributed by atoms with van der Waals surface area (Å²) in [5, 5.41) is -0.150. The Morgan fingerprint density at radius 3 is 2.19 bits per heavy atom. The molecule has 1 amide bonds. The minimum atomic E-state index is -2.38. The number of hydrogen-bond acceptors (Lipinski definition) is 4. The van der Waals surface area contributed by atoms with E-state index in [1.165, 1.54) is 5.56 Å². The van der Waals surface area contributed by atoms with Gasteiger partial charge >= 0.3 is 0 Å². The Hall–Kier alpha value is -3.09. The van der Waals surface area contributed by atoms with Crippen molar-refractivity contribution in [3.8, 4) is 5.75 Å². The van der Waals surface area contributed by atoms with E-state index in [0.29, 0.717) is 5.69 Å². The van der Waals surface area contributed by atoms with Crippen molar-refractivity contribution in [3.63, 3.8) is 0 Å². The number of amides is 1. The number of benzene rings is 3. The number of carbonyl (C=O) groups is 1. The predicted molar refractivity (Wildman–Crippen MR) is 154 cm³/mol. The third-order valence-corrected chi connectivity index (χ3v) is 11.9.